The van der Waals surface area contributed by atoms with Crippen molar-refractivity contribution in [3.05, 3.63) is 47.1 Å². The molecule has 2 aliphatic rings. The Balaban J connectivity index is 1.28. The summed E-state index contributed by atoms with van der Waals surface area (Å²) in [6, 6.07) is 9.36. The van der Waals surface area contributed by atoms with Crippen LogP contribution >= 0.6 is 0 Å². The minimum Gasteiger partial charge on any atom is -0.368 e. The summed E-state index contributed by atoms with van der Waals surface area (Å²) in [5, 5.41) is 7.60. The number of aryl methyl sites for hydroxylation is 2. The zero-order valence-electron chi connectivity index (χ0n) is 14.4. The van der Waals surface area contributed by atoms with Crippen molar-refractivity contribution in [3.8, 4) is 0 Å². The first-order chi connectivity index (χ1) is 11.7. The monoisotopic (exact) mass is 327 g/mol. The molecule has 24 heavy (non-hydrogen) atoms. The SMILES string of the molecule is Cc1noc([C@H]2OCC[C@H]2CNC2CC(c3ccccc3C)C2)n1. The standard InChI is InChI=1S/C19H25N3O2/c1-12-5-3-4-6-17(12)15-9-16(10-15)20-11-14-7-8-23-18(14)19-21-13(2)22-24-19/h3-6,14-16,18,20H,7-11H2,1-2H3/t14-,15?,16?,18-/m0/s1. The van der Waals surface area contributed by atoms with Crippen LogP contribution in [-0.2, 0) is 4.74 Å². The number of hydrogen-bond acceptors (Lipinski definition) is 5. The maximum absolute atomic E-state index is 5.82. The lowest BCUT2D eigenvalue weighted by atomic mass is 9.74. The highest BCUT2D eigenvalue weighted by molar-refractivity contribution is 5.31. The molecule has 5 nitrogen and oxygen atoms in total. The number of rotatable bonds is 5. The Morgan fingerprint density at radius 2 is 2.04 bits per heavy atom. The topological polar surface area (TPSA) is 60.2 Å². The molecule has 2 aromatic rings. The molecule has 0 radical (unpaired) electrons. The molecule has 1 N–H and O–H groups in total. The van der Waals surface area contributed by atoms with Gasteiger partial charge >= 0.3 is 0 Å². The summed E-state index contributed by atoms with van der Waals surface area (Å²) in [5.41, 5.74) is 2.93. The minimum atomic E-state index is -0.0501. The van der Waals surface area contributed by atoms with Crippen LogP contribution in [-0.4, -0.2) is 29.3 Å². The van der Waals surface area contributed by atoms with Crippen molar-refractivity contribution >= 4 is 0 Å². The highest BCUT2D eigenvalue weighted by atomic mass is 16.5. The third-order valence-electron chi connectivity index (χ3n) is 5.44. The molecule has 0 bridgehead atoms. The second-order valence-corrected chi connectivity index (χ2v) is 7.15. The lowest BCUT2D eigenvalue weighted by molar-refractivity contribution is 0.0607. The maximum atomic E-state index is 5.82. The molecule has 4 rings (SSSR count). The quantitative estimate of drug-likeness (QED) is 0.913. The zero-order chi connectivity index (χ0) is 16.5. The smallest absolute Gasteiger partial charge is 0.256 e. The number of nitrogens with one attached hydrogen (secondary N) is 1. The maximum Gasteiger partial charge on any atom is 0.256 e. The largest absolute Gasteiger partial charge is 0.368 e. The van der Waals surface area contributed by atoms with Crippen molar-refractivity contribution in [2.24, 2.45) is 5.92 Å². The van der Waals surface area contributed by atoms with E-state index in [0.29, 0.717) is 29.6 Å². The Morgan fingerprint density at radius 3 is 2.79 bits per heavy atom. The molecule has 1 aromatic heterocycles. The molecule has 0 spiro atoms. The van der Waals surface area contributed by atoms with Crippen LogP contribution in [0, 0.1) is 19.8 Å². The first-order valence-electron chi connectivity index (χ1n) is 8.91. The zero-order valence-corrected chi connectivity index (χ0v) is 14.4. The molecule has 1 aliphatic carbocycles. The molecule has 2 heterocycles. The van der Waals surface area contributed by atoms with Crippen molar-refractivity contribution in [2.75, 3.05) is 13.2 Å². The molecule has 0 unspecified atom stereocenters. The summed E-state index contributed by atoms with van der Waals surface area (Å²) in [6.45, 7) is 5.78. The highest BCUT2D eigenvalue weighted by Gasteiger charge is 2.36. The third-order valence-corrected chi connectivity index (χ3v) is 5.44. The van der Waals surface area contributed by atoms with Crippen LogP contribution < -0.4 is 5.32 Å². The van der Waals surface area contributed by atoms with Gasteiger partial charge in [0.25, 0.3) is 5.89 Å². The van der Waals surface area contributed by atoms with E-state index in [0.717, 1.165) is 19.6 Å². The Hall–Kier alpha value is -1.72. The van der Waals surface area contributed by atoms with E-state index < -0.39 is 0 Å². The molecule has 1 aliphatic heterocycles. The first kappa shape index (κ1) is 15.8. The van der Waals surface area contributed by atoms with Crippen LogP contribution in [0.2, 0.25) is 0 Å². The van der Waals surface area contributed by atoms with E-state index >= 15 is 0 Å². The predicted octanol–water partition coefficient (Wildman–Crippen LogP) is 3.30. The Morgan fingerprint density at radius 1 is 1.21 bits per heavy atom. The number of nitrogens with zero attached hydrogens (tertiary/aromatic N) is 2. The second-order valence-electron chi connectivity index (χ2n) is 7.15. The molecule has 2 atom stereocenters. The van der Waals surface area contributed by atoms with Gasteiger partial charge in [0.05, 0.1) is 0 Å². The molecular formula is C19H25N3O2. The van der Waals surface area contributed by atoms with E-state index in [1.54, 1.807) is 0 Å². The average Bonchev–Trinajstić information content (AvgIpc) is 3.16. The molecular weight excluding hydrogens is 302 g/mol. The van der Waals surface area contributed by atoms with Crippen molar-refractivity contribution in [3.63, 3.8) is 0 Å². The summed E-state index contributed by atoms with van der Waals surface area (Å²) in [4.78, 5) is 4.34. The van der Waals surface area contributed by atoms with Gasteiger partial charge in [-0.2, -0.15) is 4.98 Å². The number of ether oxygens (including phenoxy) is 1. The fourth-order valence-corrected chi connectivity index (χ4v) is 3.95. The first-order valence-corrected chi connectivity index (χ1v) is 8.91. The van der Waals surface area contributed by atoms with E-state index in [-0.39, 0.29) is 6.10 Å². The van der Waals surface area contributed by atoms with E-state index in [2.05, 4.69) is 46.6 Å². The van der Waals surface area contributed by atoms with Crippen molar-refractivity contribution in [2.45, 2.75) is 51.2 Å². The van der Waals surface area contributed by atoms with E-state index in [1.807, 2.05) is 6.92 Å². The summed E-state index contributed by atoms with van der Waals surface area (Å²) >= 11 is 0. The second kappa shape index (κ2) is 6.65. The van der Waals surface area contributed by atoms with Gasteiger partial charge in [-0.3, -0.25) is 0 Å². The van der Waals surface area contributed by atoms with Gasteiger partial charge in [-0.15, -0.1) is 0 Å². The van der Waals surface area contributed by atoms with Gasteiger partial charge < -0.3 is 14.6 Å². The summed E-state index contributed by atoms with van der Waals surface area (Å²) < 4.78 is 11.1. The fourth-order valence-electron chi connectivity index (χ4n) is 3.95. The fraction of sp³-hybridized carbons (Fsp3) is 0.579. The van der Waals surface area contributed by atoms with Crippen LogP contribution in [0.1, 0.15) is 54.1 Å². The van der Waals surface area contributed by atoms with Crippen LogP contribution in [0.4, 0.5) is 0 Å². The number of hydrogen-bond donors (Lipinski definition) is 1. The van der Waals surface area contributed by atoms with E-state index in [9.17, 15) is 0 Å². The lowest BCUT2D eigenvalue weighted by Crippen LogP contribution is -2.42. The van der Waals surface area contributed by atoms with Gasteiger partial charge in [0.15, 0.2) is 5.82 Å². The minimum absolute atomic E-state index is 0.0501. The van der Waals surface area contributed by atoms with Crippen molar-refractivity contribution in [1.29, 1.82) is 0 Å². The van der Waals surface area contributed by atoms with E-state index in [1.165, 1.54) is 24.0 Å². The molecule has 1 saturated carbocycles. The average molecular weight is 327 g/mol. The van der Waals surface area contributed by atoms with Gasteiger partial charge in [0, 0.05) is 25.1 Å². The van der Waals surface area contributed by atoms with Gasteiger partial charge in [0.2, 0.25) is 0 Å². The Kier molecular flexibility index (Phi) is 4.37. The predicted molar refractivity (Wildman–Crippen MR) is 90.8 cm³/mol. The van der Waals surface area contributed by atoms with Crippen molar-refractivity contribution in [1.82, 2.24) is 15.5 Å². The molecule has 0 amide bonds. The Labute approximate surface area is 142 Å². The third kappa shape index (κ3) is 3.10. The number of aromatic nitrogens is 2. The lowest BCUT2D eigenvalue weighted by Gasteiger charge is -2.38. The summed E-state index contributed by atoms with van der Waals surface area (Å²) in [5.74, 6) is 2.43. The molecule has 128 valence electrons. The highest BCUT2D eigenvalue weighted by Crippen LogP contribution is 2.39. The van der Waals surface area contributed by atoms with Gasteiger partial charge in [-0.1, -0.05) is 29.4 Å². The van der Waals surface area contributed by atoms with Crippen LogP contribution in [0.25, 0.3) is 0 Å². The number of benzene rings is 1. The summed E-state index contributed by atoms with van der Waals surface area (Å²) in [6.07, 6.45) is 3.45. The van der Waals surface area contributed by atoms with Crippen LogP contribution in [0.15, 0.2) is 28.8 Å². The van der Waals surface area contributed by atoms with Crippen molar-refractivity contribution < 1.29 is 9.26 Å². The van der Waals surface area contributed by atoms with Gasteiger partial charge in [-0.05, 0) is 50.2 Å². The molecule has 2 fully saturated rings. The van der Waals surface area contributed by atoms with Gasteiger partial charge in [0.1, 0.15) is 6.10 Å². The Bertz CT molecular complexity index is 693. The molecule has 5 heteroatoms. The molecule has 1 saturated heterocycles. The molecule has 1 aromatic carbocycles. The van der Waals surface area contributed by atoms with E-state index in [4.69, 9.17) is 9.26 Å². The summed E-state index contributed by atoms with van der Waals surface area (Å²) in [7, 11) is 0. The van der Waals surface area contributed by atoms with Gasteiger partial charge in [-0.25, -0.2) is 0 Å². The van der Waals surface area contributed by atoms with Crippen LogP contribution in [0.5, 0.6) is 0 Å². The normalized spacial score (nSPS) is 29.6. The van der Waals surface area contributed by atoms with Crippen LogP contribution in [0.3, 0.4) is 0 Å².